The van der Waals surface area contributed by atoms with Gasteiger partial charge in [-0.3, -0.25) is 4.90 Å². The first-order valence-corrected chi connectivity index (χ1v) is 8.79. The fourth-order valence-corrected chi connectivity index (χ4v) is 3.07. The predicted molar refractivity (Wildman–Crippen MR) is 105 cm³/mol. The van der Waals surface area contributed by atoms with Gasteiger partial charge in [0.25, 0.3) is 0 Å². The molecule has 8 nitrogen and oxygen atoms in total. The average molecular weight is 380 g/mol. The van der Waals surface area contributed by atoms with E-state index in [-0.39, 0.29) is 19.0 Å². The van der Waals surface area contributed by atoms with E-state index in [0.717, 1.165) is 11.8 Å². The molecular formula is C20H20N4O4. The topological polar surface area (TPSA) is 102 Å². The summed E-state index contributed by atoms with van der Waals surface area (Å²) < 4.78 is 0. The highest BCUT2D eigenvalue weighted by Gasteiger charge is 2.32. The minimum atomic E-state index is -1.16. The van der Waals surface area contributed by atoms with Crippen LogP contribution in [0.25, 0.3) is 0 Å². The molecule has 2 aromatic rings. The van der Waals surface area contributed by atoms with Crippen molar-refractivity contribution in [2.45, 2.75) is 13.0 Å². The summed E-state index contributed by atoms with van der Waals surface area (Å²) in [4.78, 5) is 36.4. The van der Waals surface area contributed by atoms with Crippen molar-refractivity contribution in [3.63, 3.8) is 0 Å². The molecule has 0 radical (unpaired) electrons. The molecule has 1 saturated heterocycles. The van der Waals surface area contributed by atoms with Gasteiger partial charge >= 0.3 is 12.1 Å². The van der Waals surface area contributed by atoms with E-state index in [2.05, 4.69) is 10.4 Å². The number of para-hydroxylation sites is 1. The lowest BCUT2D eigenvalue weighted by atomic mass is 10.0. The van der Waals surface area contributed by atoms with Crippen LogP contribution in [-0.4, -0.2) is 47.8 Å². The van der Waals surface area contributed by atoms with Gasteiger partial charge < -0.3 is 15.2 Å². The van der Waals surface area contributed by atoms with Gasteiger partial charge in [0.2, 0.25) is 0 Å². The summed E-state index contributed by atoms with van der Waals surface area (Å²) in [7, 11) is 0. The van der Waals surface area contributed by atoms with Crippen LogP contribution in [0.1, 0.15) is 16.7 Å². The van der Waals surface area contributed by atoms with Crippen molar-refractivity contribution < 1.29 is 19.5 Å². The summed E-state index contributed by atoms with van der Waals surface area (Å²) in [5.41, 5.74) is 2.73. The Labute approximate surface area is 162 Å². The fourth-order valence-electron chi connectivity index (χ4n) is 3.07. The van der Waals surface area contributed by atoms with Gasteiger partial charge in [-0.25, -0.2) is 14.6 Å². The number of benzene rings is 2. The Kier molecular flexibility index (Phi) is 6.01. The Bertz CT molecular complexity index is 898. The second kappa shape index (κ2) is 8.81. The maximum Gasteiger partial charge on any atom is 0.404 e. The van der Waals surface area contributed by atoms with Crippen molar-refractivity contribution in [1.82, 2.24) is 10.3 Å². The molecule has 3 amide bonds. The summed E-state index contributed by atoms with van der Waals surface area (Å²) in [6.07, 6.45) is 1.35. The number of amides is 3. The fraction of sp³-hybridized carbons (Fsp3) is 0.200. The van der Waals surface area contributed by atoms with Crippen LogP contribution in [0.4, 0.5) is 15.3 Å². The molecule has 144 valence electrons. The van der Waals surface area contributed by atoms with Gasteiger partial charge in [0.1, 0.15) is 6.29 Å². The molecule has 0 unspecified atom stereocenters. The second-order valence-electron chi connectivity index (χ2n) is 6.17. The molecule has 3 rings (SSSR count). The normalized spacial score (nSPS) is 13.9. The van der Waals surface area contributed by atoms with Gasteiger partial charge in [0.05, 0.1) is 18.4 Å². The van der Waals surface area contributed by atoms with E-state index in [1.54, 1.807) is 29.3 Å². The molecule has 1 aliphatic heterocycles. The van der Waals surface area contributed by atoms with Crippen LogP contribution in [0.15, 0.2) is 53.6 Å². The molecule has 0 aliphatic carbocycles. The van der Waals surface area contributed by atoms with Crippen LogP contribution in [0.3, 0.4) is 0 Å². The Morgan fingerprint density at radius 2 is 1.86 bits per heavy atom. The molecular weight excluding hydrogens is 360 g/mol. The van der Waals surface area contributed by atoms with Gasteiger partial charge in [0.15, 0.2) is 0 Å². The molecule has 2 N–H and O–H groups in total. The molecule has 8 heteroatoms. The quantitative estimate of drug-likeness (QED) is 0.569. The average Bonchev–Trinajstić information content (AvgIpc) is 3.06. The number of hydrogen-bond acceptors (Lipinski definition) is 4. The van der Waals surface area contributed by atoms with Crippen molar-refractivity contribution >= 4 is 30.3 Å². The summed E-state index contributed by atoms with van der Waals surface area (Å²) in [5.74, 6) is 0. The molecule has 0 atom stereocenters. The highest BCUT2D eigenvalue weighted by Crippen LogP contribution is 2.29. The number of anilines is 1. The predicted octanol–water partition coefficient (Wildman–Crippen LogP) is 2.47. The van der Waals surface area contributed by atoms with Crippen LogP contribution in [0.5, 0.6) is 0 Å². The zero-order valence-corrected chi connectivity index (χ0v) is 15.1. The van der Waals surface area contributed by atoms with Crippen molar-refractivity contribution in [3.8, 4) is 0 Å². The number of nitrogens with one attached hydrogen (secondary N) is 1. The van der Waals surface area contributed by atoms with Crippen LogP contribution in [0, 0.1) is 0 Å². The van der Waals surface area contributed by atoms with E-state index in [9.17, 15) is 14.4 Å². The first-order valence-electron chi connectivity index (χ1n) is 8.79. The summed E-state index contributed by atoms with van der Waals surface area (Å²) in [6, 6.07) is 14.4. The van der Waals surface area contributed by atoms with E-state index in [1.165, 1.54) is 5.01 Å². The second-order valence-corrected chi connectivity index (χ2v) is 6.17. The minimum Gasteiger partial charge on any atom is -0.465 e. The Morgan fingerprint density at radius 3 is 2.57 bits per heavy atom. The van der Waals surface area contributed by atoms with E-state index in [1.807, 2.05) is 30.3 Å². The maximum absolute atomic E-state index is 12.9. The van der Waals surface area contributed by atoms with E-state index >= 15 is 0 Å². The standard InChI is InChI=1S/C20H20N4O4/c25-12-9-16-7-4-8-17(14-21-19(26)27)18(16)23-10-11-24(20(23)28)22-13-15-5-2-1-3-6-15/h1-8,12-13,21H,9-11,14H2,(H,26,27)/b22-13+. The van der Waals surface area contributed by atoms with Gasteiger partial charge in [0, 0.05) is 19.5 Å². The van der Waals surface area contributed by atoms with E-state index in [4.69, 9.17) is 5.11 Å². The zero-order valence-electron chi connectivity index (χ0n) is 15.1. The van der Waals surface area contributed by atoms with Crippen LogP contribution < -0.4 is 10.2 Å². The molecule has 1 fully saturated rings. The molecule has 0 spiro atoms. The number of urea groups is 1. The maximum atomic E-state index is 12.9. The third kappa shape index (κ3) is 4.35. The number of rotatable bonds is 7. The van der Waals surface area contributed by atoms with Gasteiger partial charge in [-0.1, -0.05) is 48.5 Å². The zero-order chi connectivity index (χ0) is 19.9. The summed E-state index contributed by atoms with van der Waals surface area (Å²) in [5, 5.41) is 16.8. The number of carbonyl (C=O) groups is 3. The Balaban J connectivity index is 1.86. The Hall–Kier alpha value is -3.68. The van der Waals surface area contributed by atoms with Crippen LogP contribution in [0.2, 0.25) is 0 Å². The van der Waals surface area contributed by atoms with Crippen LogP contribution in [-0.2, 0) is 17.8 Å². The lowest BCUT2D eigenvalue weighted by Gasteiger charge is -2.22. The van der Waals surface area contributed by atoms with Crippen molar-refractivity contribution in [3.05, 3.63) is 65.2 Å². The van der Waals surface area contributed by atoms with Crippen LogP contribution >= 0.6 is 0 Å². The van der Waals surface area contributed by atoms with E-state index in [0.29, 0.717) is 29.9 Å². The highest BCUT2D eigenvalue weighted by molar-refractivity contribution is 5.96. The number of aldehydes is 1. The number of carbonyl (C=O) groups excluding carboxylic acids is 2. The third-order valence-electron chi connectivity index (χ3n) is 4.34. The monoisotopic (exact) mass is 380 g/mol. The lowest BCUT2D eigenvalue weighted by Crippen LogP contribution is -2.31. The largest absolute Gasteiger partial charge is 0.465 e. The number of hydrazone groups is 1. The number of hydrogen-bond donors (Lipinski definition) is 2. The van der Waals surface area contributed by atoms with Gasteiger partial charge in [-0.05, 0) is 16.7 Å². The lowest BCUT2D eigenvalue weighted by molar-refractivity contribution is -0.107. The minimum absolute atomic E-state index is 0.0361. The van der Waals surface area contributed by atoms with Crippen molar-refractivity contribution in [1.29, 1.82) is 0 Å². The molecule has 1 heterocycles. The first-order chi connectivity index (χ1) is 13.6. The molecule has 0 aromatic heterocycles. The summed E-state index contributed by atoms with van der Waals surface area (Å²) >= 11 is 0. The molecule has 0 saturated carbocycles. The van der Waals surface area contributed by atoms with Crippen molar-refractivity contribution in [2.24, 2.45) is 5.10 Å². The summed E-state index contributed by atoms with van der Waals surface area (Å²) in [6.45, 7) is 0.818. The highest BCUT2D eigenvalue weighted by atomic mass is 16.4. The molecule has 28 heavy (non-hydrogen) atoms. The number of carboxylic acid groups (broad SMARTS) is 1. The Morgan fingerprint density at radius 1 is 1.11 bits per heavy atom. The van der Waals surface area contributed by atoms with Gasteiger partial charge in [-0.15, -0.1) is 0 Å². The smallest absolute Gasteiger partial charge is 0.404 e. The molecule has 0 bridgehead atoms. The van der Waals surface area contributed by atoms with Crippen molar-refractivity contribution in [2.75, 3.05) is 18.0 Å². The first kappa shape index (κ1) is 19.1. The number of nitrogens with zero attached hydrogens (tertiary/aromatic N) is 3. The molecule has 2 aromatic carbocycles. The van der Waals surface area contributed by atoms with E-state index < -0.39 is 6.09 Å². The third-order valence-corrected chi connectivity index (χ3v) is 4.34. The van der Waals surface area contributed by atoms with Gasteiger partial charge in [-0.2, -0.15) is 5.10 Å². The molecule has 1 aliphatic rings. The SMILES string of the molecule is O=CCc1cccc(CNC(=O)O)c1N1CCN(/N=C/c2ccccc2)C1=O.